The molecule has 3 amide bonds. The maximum absolute atomic E-state index is 13.8. The molecule has 20 rings (SSSR count). The molecular weight excluding hydrogens is 1700 g/mol. The number of nitrogens with zero attached hydrogens (tertiary/aromatic N) is 18. The van der Waals surface area contributed by atoms with Gasteiger partial charge in [0.25, 0.3) is 17.7 Å². The van der Waals surface area contributed by atoms with E-state index in [9.17, 15) is 23.9 Å². The summed E-state index contributed by atoms with van der Waals surface area (Å²) in [5.41, 5.74) is 11.1. The van der Waals surface area contributed by atoms with Gasteiger partial charge in [-0.2, -0.15) is 0 Å². The van der Waals surface area contributed by atoms with Crippen LogP contribution in [0, 0.1) is 17.7 Å². The van der Waals surface area contributed by atoms with Gasteiger partial charge in [-0.1, -0.05) is 5.92 Å². The zero-order valence-corrected chi connectivity index (χ0v) is 75.9. The van der Waals surface area contributed by atoms with Crippen molar-refractivity contribution < 1.29 is 61.8 Å². The molecule has 5 aliphatic carbocycles. The van der Waals surface area contributed by atoms with Gasteiger partial charge in [-0.25, -0.2) is 49.2 Å². The van der Waals surface area contributed by atoms with Gasteiger partial charge in [0.2, 0.25) is 5.95 Å². The topological polar surface area (TPSA) is 377 Å². The fourth-order valence-electron chi connectivity index (χ4n) is 17.9. The van der Waals surface area contributed by atoms with Gasteiger partial charge in [-0.3, -0.25) is 34.3 Å². The first-order valence-corrected chi connectivity index (χ1v) is 46.8. The third-order valence-corrected chi connectivity index (χ3v) is 25.3. The van der Waals surface area contributed by atoms with Crippen LogP contribution in [0.5, 0.6) is 23.0 Å². The predicted octanol–water partition coefficient (Wildman–Crippen LogP) is 11.9. The molecule has 34 nitrogen and oxygen atoms in total. The van der Waals surface area contributed by atoms with Crippen LogP contribution in [0.25, 0.3) is 44.1 Å². The van der Waals surface area contributed by atoms with Crippen molar-refractivity contribution in [2.75, 3.05) is 150 Å². The molecule has 4 saturated heterocycles. The summed E-state index contributed by atoms with van der Waals surface area (Å²) >= 11 is 0. The Labute approximate surface area is 772 Å². The number of hydrogen-bond acceptors (Lipinski definition) is 31. The minimum absolute atomic E-state index is 0.00915. The van der Waals surface area contributed by atoms with Crippen molar-refractivity contribution in [1.29, 1.82) is 0 Å². The molecule has 35 heteroatoms. The Bertz CT molecular complexity index is 5800. The molecule has 9 fully saturated rings. The van der Waals surface area contributed by atoms with Crippen molar-refractivity contribution in [2.45, 2.75) is 190 Å². The third kappa shape index (κ3) is 25.2. The van der Waals surface area contributed by atoms with Crippen LogP contribution < -0.4 is 59.8 Å². The summed E-state index contributed by atoms with van der Waals surface area (Å²) in [6.07, 6.45) is 39.2. The van der Waals surface area contributed by atoms with E-state index in [2.05, 4.69) is 154 Å². The van der Waals surface area contributed by atoms with Crippen molar-refractivity contribution in [3.63, 3.8) is 0 Å². The van der Waals surface area contributed by atoms with Gasteiger partial charge in [0.1, 0.15) is 62.2 Å². The maximum atomic E-state index is 13.8. The molecule has 0 bridgehead atoms. The van der Waals surface area contributed by atoms with Crippen LogP contribution in [0.3, 0.4) is 0 Å². The molecule has 5 N–H and O–H groups in total. The van der Waals surface area contributed by atoms with E-state index in [4.69, 9.17) is 37.9 Å². The number of carbonyl (C=O) groups is 3. The summed E-state index contributed by atoms with van der Waals surface area (Å²) in [7, 11) is 3.40. The Morgan fingerprint density at radius 1 is 0.421 bits per heavy atom. The van der Waals surface area contributed by atoms with E-state index in [0.29, 0.717) is 49.9 Å². The van der Waals surface area contributed by atoms with E-state index in [1.165, 1.54) is 47.8 Å². The fourth-order valence-corrected chi connectivity index (χ4v) is 17.9. The van der Waals surface area contributed by atoms with Crippen molar-refractivity contribution in [2.24, 2.45) is 0 Å². The van der Waals surface area contributed by atoms with E-state index in [1.807, 2.05) is 24.5 Å². The van der Waals surface area contributed by atoms with Crippen molar-refractivity contribution >= 4 is 96.4 Å². The predicted molar refractivity (Wildman–Crippen MR) is 502 cm³/mol. The molecule has 7 aromatic heterocycles. The molecule has 11 heterocycles. The van der Waals surface area contributed by atoms with Gasteiger partial charge in [0.05, 0.1) is 112 Å². The first-order valence-electron chi connectivity index (χ1n) is 46.8. The summed E-state index contributed by atoms with van der Waals surface area (Å²) in [6.45, 7) is 15.7. The zero-order valence-electron chi connectivity index (χ0n) is 75.9. The second kappa shape index (κ2) is 44.2. The van der Waals surface area contributed by atoms with E-state index < -0.39 is 17.3 Å². The van der Waals surface area contributed by atoms with Crippen molar-refractivity contribution in [3.8, 4) is 34.8 Å². The Morgan fingerprint density at radius 2 is 0.782 bits per heavy atom. The second-order valence-electron chi connectivity index (χ2n) is 35.7. The number of anilines is 6. The number of carbonyl (C=O) groups excluding carboxylic acids is 3. The third-order valence-electron chi connectivity index (χ3n) is 25.3. The van der Waals surface area contributed by atoms with E-state index in [1.54, 1.807) is 83.7 Å². The summed E-state index contributed by atoms with van der Waals surface area (Å²) in [6, 6.07) is 20.0. The summed E-state index contributed by atoms with van der Waals surface area (Å²) in [5.74, 6) is 8.63. The zero-order chi connectivity index (χ0) is 91.4. The van der Waals surface area contributed by atoms with Crippen LogP contribution in [0.4, 0.5) is 38.9 Å². The number of ether oxygens (including phenoxy) is 8. The van der Waals surface area contributed by atoms with Crippen LogP contribution >= 0.6 is 0 Å². The highest BCUT2D eigenvalue weighted by molar-refractivity contribution is 5.95. The van der Waals surface area contributed by atoms with E-state index in [0.717, 1.165) is 277 Å². The summed E-state index contributed by atoms with van der Waals surface area (Å²) < 4.78 is 61.7. The highest BCUT2D eigenvalue weighted by atomic mass is 19.1. The van der Waals surface area contributed by atoms with Crippen LogP contribution in [0.1, 0.15) is 162 Å². The Hall–Kier alpha value is -12.8. The Morgan fingerprint density at radius 3 is 1.13 bits per heavy atom. The lowest BCUT2D eigenvalue weighted by atomic mass is 9.92. The van der Waals surface area contributed by atoms with Gasteiger partial charge in [0.15, 0.2) is 11.5 Å². The molecule has 4 aliphatic heterocycles. The number of pyridine rings is 1. The number of fused-ring (bicyclic) bond motifs is 4. The molecule has 0 unspecified atom stereocenters. The molecule has 698 valence electrons. The fraction of sp³-hybridized carbons (Fsp3) is 0.490. The smallest absolute Gasteiger partial charge is 0.296 e. The number of halogens is 1. The molecule has 0 spiro atoms. The minimum atomic E-state index is -1.18. The average Bonchev–Trinajstić information content (AvgIpc) is 1.69. The Kier molecular flexibility index (Phi) is 30.6. The average molecular weight is 1810 g/mol. The number of nitrogens with one attached hydrogen (secondary N) is 4. The van der Waals surface area contributed by atoms with Gasteiger partial charge >= 0.3 is 0 Å². The highest BCUT2D eigenvalue weighted by Gasteiger charge is 2.33. The van der Waals surface area contributed by atoms with Crippen LogP contribution in [-0.2, 0) is 23.7 Å². The van der Waals surface area contributed by atoms with Crippen molar-refractivity contribution in [3.05, 3.63) is 164 Å². The van der Waals surface area contributed by atoms with Gasteiger partial charge in [0, 0.05) is 206 Å². The first-order chi connectivity index (χ1) is 64.9. The van der Waals surface area contributed by atoms with E-state index >= 15 is 0 Å². The first kappa shape index (κ1) is 92.1. The van der Waals surface area contributed by atoms with Crippen molar-refractivity contribution in [1.82, 2.24) is 80.3 Å². The normalized spacial score (nSPS) is 21.6. The van der Waals surface area contributed by atoms with Gasteiger partial charge < -0.3 is 88.8 Å². The number of rotatable bonds is 21. The van der Waals surface area contributed by atoms with E-state index in [-0.39, 0.29) is 60.0 Å². The minimum Gasteiger partial charge on any atom is -0.488 e. The molecule has 9 aliphatic rings. The largest absolute Gasteiger partial charge is 0.488 e. The molecule has 133 heavy (non-hydrogen) atoms. The van der Waals surface area contributed by atoms with Gasteiger partial charge in [-0.05, 0) is 183 Å². The number of benzene rings is 4. The van der Waals surface area contributed by atoms with Gasteiger partial charge in [-0.15, -0.1) is 0 Å². The molecule has 4 aromatic carbocycles. The maximum Gasteiger partial charge on any atom is 0.296 e. The Balaban J connectivity index is 0.000000124. The molecule has 0 atom stereocenters. The number of aliphatic hydroxyl groups is 1. The second-order valence-corrected chi connectivity index (χ2v) is 35.7. The lowest BCUT2D eigenvalue weighted by Gasteiger charge is -2.31. The molecular formula is C98H117FN22O12. The summed E-state index contributed by atoms with van der Waals surface area (Å²) in [4.78, 5) is 105. The number of aromatic nitrogens is 13. The molecule has 0 radical (unpaired) electrons. The monoisotopic (exact) mass is 1810 g/mol. The van der Waals surface area contributed by atoms with Crippen LogP contribution in [0.2, 0.25) is 0 Å². The lowest BCUT2D eigenvalue weighted by Crippen LogP contribution is -2.40. The number of amides is 3. The number of morpholine rings is 4. The SMILES string of the molecule is CC(C)(O)C#CC(=O)NC1CCC(Oc2cc(N3CCOCC3)cc3nccnc23)CC1.CN(C)C(=O)c1cnc(NC2CCC(Oc3cc(N4CCOCC4)cc4nccnc34)CC2)cn1.O=C(NC1CCC(Oc2cc(N3CCOCC3)cc3nccnc23)CC1)c1ncccc1F.c1cnc2c(OC3CCC(Nc4ncc(C5CC5)cn4)CC3)cc(N3CCOCC3)cc2n1. The standard InChI is InChI=1S/C25H31N7O3.C25H30N6O2.C24H26FN5O3.C24H30N4O4/c1-31(2)25(33)21-15-29-23(16-28-21)30-17-3-5-19(6-4-17)35-22-14-18(32-9-11-34-12-10-32)13-20-24(22)27-8-7-26-20;1-2-17(1)18-15-28-25(29-16-18)30-19-3-5-21(6-4-19)33-23-14-20(31-9-11-32-12-10-31)13-22-24(23)27-8-7-26-22;25-19-2-1-7-27-22(19)24(31)29-16-3-5-18(6-4-16)33-21-15-17(30-10-12-32-13-11-30)14-20-23(21)28-9-8-26-20;1-24(2,30)8-7-22(29)27-17-3-5-19(6-4-17)32-21-16-18(28-11-13-31-14-12-28)15-20-23(21)26-10-9-25-20/h7-8,13-17,19H,3-6,9-12H2,1-2H3,(H,29,30);7-8,13-17,19,21H,1-6,9-12H2,(H,28,29,30);1-2,7-9,14-16,18H,3-6,10-13H2,(H,29,31);9-10,15-17,19,30H,3-6,11-14H2,1-2H3,(H,27,29). The highest BCUT2D eigenvalue weighted by Crippen LogP contribution is 2.42. The lowest BCUT2D eigenvalue weighted by molar-refractivity contribution is -0.116. The summed E-state index contributed by atoms with van der Waals surface area (Å²) in [5, 5.41) is 22.4. The van der Waals surface area contributed by atoms with Crippen LogP contribution in [-0.4, -0.2) is 266 Å². The molecule has 5 saturated carbocycles. The number of hydrogen-bond donors (Lipinski definition) is 5. The quantitative estimate of drug-likeness (QED) is 0.0417. The molecule has 11 aromatic rings. The van der Waals surface area contributed by atoms with Crippen LogP contribution in [0.15, 0.2) is 141 Å².